The summed E-state index contributed by atoms with van der Waals surface area (Å²) >= 11 is -2.01. The third kappa shape index (κ3) is 5.15. The molecule has 0 saturated carbocycles. The van der Waals surface area contributed by atoms with Gasteiger partial charge in [0, 0.05) is 11.8 Å². The second-order valence-electron chi connectivity index (χ2n) is 6.47. The SMILES string of the molecule is CC(C)(C)c1ccc(C=CC(=O)Nc2ccc(S(=O)O)cc2)cc1. The minimum Gasteiger partial charge on any atom is -0.323 e. The van der Waals surface area contributed by atoms with E-state index >= 15 is 0 Å². The second-order valence-corrected chi connectivity index (χ2v) is 7.44. The Kier molecular flexibility index (Phi) is 5.70. The normalized spacial score (nSPS) is 13.0. The summed E-state index contributed by atoms with van der Waals surface area (Å²) in [6, 6.07) is 14.3. The maximum atomic E-state index is 11.9. The van der Waals surface area contributed by atoms with Gasteiger partial charge in [0.1, 0.15) is 0 Å². The number of hydrogen-bond acceptors (Lipinski definition) is 2. The minimum atomic E-state index is -2.01. The number of amides is 1. The van der Waals surface area contributed by atoms with Crippen LogP contribution in [0.25, 0.3) is 6.08 Å². The van der Waals surface area contributed by atoms with Crippen LogP contribution in [0.15, 0.2) is 59.5 Å². The molecule has 2 aromatic rings. The van der Waals surface area contributed by atoms with E-state index in [4.69, 9.17) is 4.55 Å². The Labute approximate surface area is 144 Å². The van der Waals surface area contributed by atoms with Crippen molar-refractivity contribution in [2.24, 2.45) is 0 Å². The van der Waals surface area contributed by atoms with Crippen molar-refractivity contribution >= 4 is 28.8 Å². The standard InChI is InChI=1S/C19H21NO3S/c1-19(2,3)15-7-4-14(5-8-15)6-13-18(21)20-16-9-11-17(12-10-16)24(22)23/h4-13H,1-3H3,(H,20,21)(H,22,23). The Morgan fingerprint density at radius 3 is 2.12 bits per heavy atom. The van der Waals surface area contributed by atoms with Gasteiger partial charge in [-0.15, -0.1) is 0 Å². The molecule has 0 aliphatic rings. The zero-order valence-electron chi connectivity index (χ0n) is 13.9. The highest BCUT2D eigenvalue weighted by Gasteiger charge is 2.12. The molecular formula is C19H21NO3S. The largest absolute Gasteiger partial charge is 0.323 e. The van der Waals surface area contributed by atoms with E-state index in [-0.39, 0.29) is 11.3 Å². The third-order valence-electron chi connectivity index (χ3n) is 3.53. The highest BCUT2D eigenvalue weighted by molar-refractivity contribution is 7.79. The molecule has 1 unspecified atom stereocenters. The van der Waals surface area contributed by atoms with Crippen LogP contribution >= 0.6 is 0 Å². The molecule has 24 heavy (non-hydrogen) atoms. The van der Waals surface area contributed by atoms with E-state index in [2.05, 4.69) is 38.2 Å². The van der Waals surface area contributed by atoms with Gasteiger partial charge in [-0.2, -0.15) is 0 Å². The fourth-order valence-corrected chi connectivity index (χ4v) is 2.47. The third-order valence-corrected chi connectivity index (χ3v) is 4.20. The number of hydrogen-bond donors (Lipinski definition) is 2. The zero-order valence-corrected chi connectivity index (χ0v) is 14.8. The van der Waals surface area contributed by atoms with Crippen molar-refractivity contribution < 1.29 is 13.6 Å². The maximum Gasteiger partial charge on any atom is 0.248 e. The van der Waals surface area contributed by atoms with Gasteiger partial charge in [0.25, 0.3) is 0 Å². The van der Waals surface area contributed by atoms with E-state index in [9.17, 15) is 9.00 Å². The minimum absolute atomic E-state index is 0.101. The molecule has 0 radical (unpaired) electrons. The van der Waals surface area contributed by atoms with Gasteiger partial charge >= 0.3 is 0 Å². The number of carbonyl (C=O) groups is 1. The van der Waals surface area contributed by atoms with Crippen molar-refractivity contribution in [2.45, 2.75) is 31.1 Å². The Balaban J connectivity index is 1.98. The lowest BCUT2D eigenvalue weighted by Gasteiger charge is -2.18. The van der Waals surface area contributed by atoms with Crippen LogP contribution in [0.2, 0.25) is 0 Å². The molecule has 0 spiro atoms. The number of nitrogens with one attached hydrogen (secondary N) is 1. The fourth-order valence-electron chi connectivity index (χ4n) is 2.10. The molecule has 2 N–H and O–H groups in total. The van der Waals surface area contributed by atoms with Gasteiger partial charge in [-0.05, 0) is 46.9 Å². The monoisotopic (exact) mass is 343 g/mol. The molecule has 2 rings (SSSR count). The van der Waals surface area contributed by atoms with Gasteiger partial charge in [-0.25, -0.2) is 4.21 Å². The van der Waals surface area contributed by atoms with Crippen LogP contribution < -0.4 is 5.32 Å². The highest BCUT2D eigenvalue weighted by atomic mass is 32.2. The van der Waals surface area contributed by atoms with E-state index in [1.807, 2.05) is 12.1 Å². The molecule has 0 aliphatic carbocycles. The zero-order chi connectivity index (χ0) is 17.7. The Bertz CT molecular complexity index is 757. The molecule has 1 amide bonds. The molecule has 0 bridgehead atoms. The van der Waals surface area contributed by atoms with Crippen LogP contribution in [0.4, 0.5) is 5.69 Å². The first kappa shape index (κ1) is 18.1. The lowest BCUT2D eigenvalue weighted by molar-refractivity contribution is -0.111. The predicted molar refractivity (Wildman–Crippen MR) is 98.3 cm³/mol. The first-order valence-corrected chi connectivity index (χ1v) is 8.67. The summed E-state index contributed by atoms with van der Waals surface area (Å²) in [5, 5.41) is 2.71. The molecule has 126 valence electrons. The molecule has 0 saturated heterocycles. The smallest absolute Gasteiger partial charge is 0.248 e. The maximum absolute atomic E-state index is 11.9. The molecule has 1 atom stereocenters. The molecule has 0 aliphatic heterocycles. The lowest BCUT2D eigenvalue weighted by Crippen LogP contribution is -2.10. The average molecular weight is 343 g/mol. The molecule has 5 heteroatoms. The van der Waals surface area contributed by atoms with Gasteiger partial charge in [-0.3, -0.25) is 4.79 Å². The molecule has 0 fully saturated rings. The van der Waals surface area contributed by atoms with Crippen molar-refractivity contribution in [1.82, 2.24) is 0 Å². The van der Waals surface area contributed by atoms with Crippen molar-refractivity contribution in [3.63, 3.8) is 0 Å². The van der Waals surface area contributed by atoms with E-state index in [1.165, 1.54) is 23.8 Å². The van der Waals surface area contributed by atoms with Crippen molar-refractivity contribution in [3.8, 4) is 0 Å². The van der Waals surface area contributed by atoms with Gasteiger partial charge in [-0.1, -0.05) is 45.0 Å². The lowest BCUT2D eigenvalue weighted by atomic mass is 9.87. The molecule has 4 nitrogen and oxygen atoms in total. The number of anilines is 1. The van der Waals surface area contributed by atoms with Crippen LogP contribution in [0.5, 0.6) is 0 Å². The van der Waals surface area contributed by atoms with Crippen LogP contribution in [0.1, 0.15) is 31.9 Å². The predicted octanol–water partition coefficient (Wildman–Crippen LogP) is 4.22. The van der Waals surface area contributed by atoms with Crippen LogP contribution in [-0.4, -0.2) is 14.7 Å². The molecule has 0 aromatic heterocycles. The second kappa shape index (κ2) is 7.55. The summed E-state index contributed by atoms with van der Waals surface area (Å²) in [6.07, 6.45) is 3.21. The van der Waals surface area contributed by atoms with Crippen molar-refractivity contribution in [3.05, 3.63) is 65.7 Å². The number of carbonyl (C=O) groups excluding carboxylic acids is 1. The number of rotatable bonds is 4. The molecular weight excluding hydrogens is 322 g/mol. The van der Waals surface area contributed by atoms with Gasteiger partial charge in [0.05, 0.1) is 4.90 Å². The summed E-state index contributed by atoms with van der Waals surface area (Å²) in [6.45, 7) is 6.47. The number of benzene rings is 2. The summed E-state index contributed by atoms with van der Waals surface area (Å²) in [4.78, 5) is 12.2. The molecule has 2 aromatic carbocycles. The van der Waals surface area contributed by atoms with Gasteiger partial charge in [0.15, 0.2) is 11.1 Å². The topological polar surface area (TPSA) is 66.4 Å². The first-order chi connectivity index (χ1) is 11.3. The van der Waals surface area contributed by atoms with Crippen molar-refractivity contribution in [2.75, 3.05) is 5.32 Å². The average Bonchev–Trinajstić information content (AvgIpc) is 2.53. The van der Waals surface area contributed by atoms with Crippen LogP contribution in [0.3, 0.4) is 0 Å². The summed E-state index contributed by atoms with van der Waals surface area (Å²) in [7, 11) is 0. The van der Waals surface area contributed by atoms with E-state index in [0.29, 0.717) is 10.6 Å². The van der Waals surface area contributed by atoms with Crippen LogP contribution in [-0.2, 0) is 21.3 Å². The summed E-state index contributed by atoms with van der Waals surface area (Å²) < 4.78 is 19.8. The van der Waals surface area contributed by atoms with Crippen molar-refractivity contribution in [1.29, 1.82) is 0 Å². The Morgan fingerprint density at radius 1 is 1.04 bits per heavy atom. The Morgan fingerprint density at radius 2 is 1.62 bits per heavy atom. The highest BCUT2D eigenvalue weighted by Crippen LogP contribution is 2.22. The van der Waals surface area contributed by atoms with E-state index < -0.39 is 11.1 Å². The van der Waals surface area contributed by atoms with E-state index in [1.54, 1.807) is 18.2 Å². The summed E-state index contributed by atoms with van der Waals surface area (Å²) in [5.74, 6) is -0.257. The first-order valence-electron chi connectivity index (χ1n) is 7.56. The van der Waals surface area contributed by atoms with Gasteiger partial charge < -0.3 is 9.87 Å². The van der Waals surface area contributed by atoms with Crippen LogP contribution in [0, 0.1) is 0 Å². The molecule has 0 heterocycles. The van der Waals surface area contributed by atoms with Gasteiger partial charge in [0.2, 0.25) is 5.91 Å². The Hall–Kier alpha value is -2.24. The van der Waals surface area contributed by atoms with E-state index in [0.717, 1.165) is 5.56 Å². The quantitative estimate of drug-likeness (QED) is 0.645. The fraction of sp³-hybridized carbons (Fsp3) is 0.211. The summed E-state index contributed by atoms with van der Waals surface area (Å²) in [5.41, 5.74) is 2.86.